The zero-order valence-electron chi connectivity index (χ0n) is 9.40. The molecule has 0 aromatic carbocycles. The fourth-order valence-corrected chi connectivity index (χ4v) is 8.27. The van der Waals surface area contributed by atoms with E-state index in [1.54, 1.807) is 0 Å². The molecule has 0 aliphatic carbocycles. The molecule has 90 valence electrons. The second-order valence-electron chi connectivity index (χ2n) is 3.51. The van der Waals surface area contributed by atoms with Crippen LogP contribution in [0.2, 0.25) is 0 Å². The monoisotopic (exact) mass is 300 g/mol. The predicted molar refractivity (Wildman–Crippen MR) is 86.2 cm³/mol. The summed E-state index contributed by atoms with van der Waals surface area (Å²) in [5, 5.41) is 0. The molecule has 5 heteroatoms. The normalized spacial score (nSPS) is 21.8. The quantitative estimate of drug-likeness (QED) is 0.549. The summed E-state index contributed by atoms with van der Waals surface area (Å²) in [6, 6.07) is 0. The van der Waals surface area contributed by atoms with E-state index in [1.165, 1.54) is 29.4 Å². The van der Waals surface area contributed by atoms with Crippen molar-refractivity contribution in [1.82, 2.24) is 0 Å². The smallest absolute Gasteiger partial charge is 0.0792 e. The fraction of sp³-hybridized carbons (Fsp3) is 1.00. The maximum absolute atomic E-state index is 4.31. The molecular weight excluding hydrogens is 280 g/mol. The van der Waals surface area contributed by atoms with E-state index in [4.69, 9.17) is 0 Å². The highest BCUT2D eigenvalue weighted by Gasteiger charge is 2.38. The Bertz CT molecular complexity index is 159. The van der Waals surface area contributed by atoms with Crippen LogP contribution in [0.25, 0.3) is 0 Å². The van der Waals surface area contributed by atoms with Crippen molar-refractivity contribution in [3.63, 3.8) is 0 Å². The summed E-state index contributed by atoms with van der Waals surface area (Å²) >= 11 is 12.9. The number of thioether (sulfide) groups is 4. The molecule has 1 atom stereocenters. The summed E-state index contributed by atoms with van der Waals surface area (Å²) in [7, 11) is 0. The van der Waals surface area contributed by atoms with E-state index in [0.717, 1.165) is 10.3 Å². The Balaban J connectivity index is 2.45. The van der Waals surface area contributed by atoms with Crippen LogP contribution in [0.3, 0.4) is 0 Å². The van der Waals surface area contributed by atoms with Gasteiger partial charge >= 0.3 is 0 Å². The minimum atomic E-state index is 0.438. The van der Waals surface area contributed by atoms with E-state index in [-0.39, 0.29) is 0 Å². The predicted octanol–water partition coefficient (Wildman–Crippen LogP) is 4.31. The zero-order chi connectivity index (χ0) is 11.1. The molecule has 0 aromatic heterocycles. The van der Waals surface area contributed by atoms with E-state index in [1.807, 2.05) is 0 Å². The lowest BCUT2D eigenvalue weighted by Gasteiger charge is -2.31. The number of rotatable bonds is 7. The van der Waals surface area contributed by atoms with E-state index in [9.17, 15) is 0 Å². The molecule has 15 heavy (non-hydrogen) atoms. The van der Waals surface area contributed by atoms with Gasteiger partial charge in [-0.2, -0.15) is 12.6 Å². The standard InChI is InChI=1S/C10H20S5/c1-3-5-12-9(13-6-4-11)10(2)14-7-8-15-10/h9,11H,3-8H2,1-2H3. The van der Waals surface area contributed by atoms with Crippen molar-refractivity contribution in [3.8, 4) is 0 Å². The highest BCUT2D eigenvalue weighted by molar-refractivity contribution is 8.26. The third-order valence-corrected chi connectivity index (χ3v) is 10.1. The molecule has 0 aromatic rings. The van der Waals surface area contributed by atoms with Crippen molar-refractivity contribution in [2.75, 3.05) is 28.8 Å². The van der Waals surface area contributed by atoms with E-state index >= 15 is 0 Å². The van der Waals surface area contributed by atoms with Crippen molar-refractivity contribution in [3.05, 3.63) is 0 Å². The second-order valence-corrected chi connectivity index (χ2v) is 10.0. The van der Waals surface area contributed by atoms with Crippen LogP contribution in [-0.2, 0) is 0 Å². The summed E-state index contributed by atoms with van der Waals surface area (Å²) in [5.41, 5.74) is 0. The van der Waals surface area contributed by atoms with Gasteiger partial charge in [-0.1, -0.05) is 6.92 Å². The molecule has 1 aliphatic rings. The maximum atomic E-state index is 4.31. The number of hydrogen-bond acceptors (Lipinski definition) is 5. The minimum Gasteiger partial charge on any atom is -0.179 e. The average Bonchev–Trinajstić information content (AvgIpc) is 2.66. The van der Waals surface area contributed by atoms with E-state index in [2.05, 4.69) is 73.5 Å². The maximum Gasteiger partial charge on any atom is 0.0792 e. The molecule has 1 heterocycles. The van der Waals surface area contributed by atoms with Crippen molar-refractivity contribution in [2.24, 2.45) is 0 Å². The topological polar surface area (TPSA) is 0 Å². The minimum absolute atomic E-state index is 0.438. The van der Waals surface area contributed by atoms with Crippen LogP contribution < -0.4 is 0 Å². The van der Waals surface area contributed by atoms with Gasteiger partial charge in [-0.05, 0) is 24.9 Å². The lowest BCUT2D eigenvalue weighted by Crippen LogP contribution is -2.26. The lowest BCUT2D eigenvalue weighted by molar-refractivity contribution is 1.00. The first-order chi connectivity index (χ1) is 7.23. The highest BCUT2D eigenvalue weighted by atomic mass is 32.2. The van der Waals surface area contributed by atoms with Gasteiger partial charge in [0.2, 0.25) is 0 Å². The van der Waals surface area contributed by atoms with Crippen molar-refractivity contribution < 1.29 is 0 Å². The van der Waals surface area contributed by atoms with Gasteiger partial charge in [0, 0.05) is 17.3 Å². The summed E-state index contributed by atoms with van der Waals surface area (Å²) in [6.07, 6.45) is 1.29. The number of thiol groups is 1. The van der Waals surface area contributed by atoms with Crippen LogP contribution in [-0.4, -0.2) is 37.4 Å². The van der Waals surface area contributed by atoms with Crippen molar-refractivity contribution in [2.45, 2.75) is 28.9 Å². The van der Waals surface area contributed by atoms with Gasteiger partial charge in [-0.3, -0.25) is 0 Å². The van der Waals surface area contributed by atoms with Crippen LogP contribution in [0, 0.1) is 0 Å². The van der Waals surface area contributed by atoms with Crippen LogP contribution >= 0.6 is 59.7 Å². The second kappa shape index (κ2) is 7.96. The largest absolute Gasteiger partial charge is 0.179 e. The zero-order valence-corrected chi connectivity index (χ0v) is 13.6. The molecule has 1 aliphatic heterocycles. The Kier molecular flexibility index (Phi) is 7.86. The summed E-state index contributed by atoms with van der Waals surface area (Å²) in [4.78, 5) is 0. The third-order valence-electron chi connectivity index (χ3n) is 2.12. The first-order valence-corrected chi connectivity index (χ1v) is 10.0. The summed E-state index contributed by atoms with van der Waals surface area (Å²) in [5.74, 6) is 6.12. The van der Waals surface area contributed by atoms with Crippen LogP contribution in [0.4, 0.5) is 0 Å². The fourth-order valence-electron chi connectivity index (χ4n) is 1.40. The molecule has 0 radical (unpaired) electrons. The molecule has 0 nitrogen and oxygen atoms in total. The third kappa shape index (κ3) is 4.86. The molecule has 0 saturated carbocycles. The SMILES string of the molecule is CCCSC(SCCS)C1(C)SCCS1. The van der Waals surface area contributed by atoms with E-state index in [0.29, 0.717) is 4.08 Å². The van der Waals surface area contributed by atoms with E-state index < -0.39 is 0 Å². The molecule has 1 unspecified atom stereocenters. The van der Waals surface area contributed by atoms with Gasteiger partial charge in [0.15, 0.2) is 0 Å². The highest BCUT2D eigenvalue weighted by Crippen LogP contribution is 2.53. The van der Waals surface area contributed by atoms with Gasteiger partial charge in [0.25, 0.3) is 0 Å². The molecule has 1 fully saturated rings. The Labute approximate surface area is 117 Å². The lowest BCUT2D eigenvalue weighted by atomic mass is 10.5. The van der Waals surface area contributed by atoms with Crippen LogP contribution in [0.15, 0.2) is 0 Å². The Morgan fingerprint density at radius 3 is 2.40 bits per heavy atom. The van der Waals surface area contributed by atoms with Crippen LogP contribution in [0.5, 0.6) is 0 Å². The van der Waals surface area contributed by atoms with Gasteiger partial charge in [0.1, 0.15) is 0 Å². The molecule has 0 N–H and O–H groups in total. The van der Waals surface area contributed by atoms with Crippen molar-refractivity contribution >= 4 is 59.7 Å². The van der Waals surface area contributed by atoms with Gasteiger partial charge in [-0.15, -0.1) is 47.0 Å². The molecule has 0 bridgehead atoms. The van der Waals surface area contributed by atoms with Gasteiger partial charge < -0.3 is 0 Å². The number of hydrogen-bond donors (Lipinski definition) is 1. The van der Waals surface area contributed by atoms with Crippen LogP contribution in [0.1, 0.15) is 20.3 Å². The molecule has 0 amide bonds. The summed E-state index contributed by atoms with van der Waals surface area (Å²) < 4.78 is 1.18. The summed E-state index contributed by atoms with van der Waals surface area (Å²) in [6.45, 7) is 4.69. The van der Waals surface area contributed by atoms with Crippen molar-refractivity contribution in [1.29, 1.82) is 0 Å². The Morgan fingerprint density at radius 2 is 1.87 bits per heavy atom. The van der Waals surface area contributed by atoms with Gasteiger partial charge in [-0.25, -0.2) is 0 Å². The molecule has 0 spiro atoms. The molecular formula is C10H20S5. The average molecular weight is 301 g/mol. The Hall–Kier alpha value is 1.75. The molecule has 1 saturated heterocycles. The Morgan fingerprint density at radius 1 is 1.27 bits per heavy atom. The molecule has 1 rings (SSSR count). The van der Waals surface area contributed by atoms with Gasteiger partial charge in [0.05, 0.1) is 8.66 Å². The first kappa shape index (κ1) is 14.8. The first-order valence-electron chi connectivity index (χ1n) is 5.35.